The van der Waals surface area contributed by atoms with Crippen molar-refractivity contribution in [1.82, 2.24) is 47.1 Å². The fourth-order valence-corrected chi connectivity index (χ4v) is 8.42. The number of aliphatic hydroxyl groups is 2. The maximum atomic E-state index is 14.3. The molecule has 73 heavy (non-hydrogen) atoms. The molecule has 0 spiro atoms. The molecule has 2 saturated heterocycles. The molecule has 3 heterocycles. The molecule has 2 aliphatic rings. The molecule has 1 aromatic heterocycles. The average molecular weight is 1020 g/mol. The number of hydrogen-bond acceptors (Lipinski definition) is 14. The molecule has 0 bridgehead atoms. The van der Waals surface area contributed by atoms with Gasteiger partial charge in [-0.1, -0.05) is 52.0 Å². The summed E-state index contributed by atoms with van der Waals surface area (Å²) in [5.74, 6) is -9.27. The summed E-state index contributed by atoms with van der Waals surface area (Å²) in [6.07, 6.45) is -2.72. The first-order valence-corrected chi connectivity index (χ1v) is 24.1. The minimum atomic E-state index is -1.80. The number of H-pyrrole nitrogens is 1. The van der Waals surface area contributed by atoms with Gasteiger partial charge in [-0.2, -0.15) is 0 Å². The number of hydrogen-bond donors (Lipinski definition) is 12. The van der Waals surface area contributed by atoms with E-state index in [1.807, 2.05) is 0 Å². The van der Waals surface area contributed by atoms with E-state index < -0.39 is 132 Å². The van der Waals surface area contributed by atoms with Gasteiger partial charge in [0, 0.05) is 25.6 Å². The largest absolute Gasteiger partial charge is 0.508 e. The number of rotatable bonds is 17. The van der Waals surface area contributed by atoms with Crippen molar-refractivity contribution < 1.29 is 68.3 Å². The van der Waals surface area contributed by atoms with Crippen LogP contribution >= 0.6 is 0 Å². The summed E-state index contributed by atoms with van der Waals surface area (Å²) in [5, 5.41) is 59.1. The number of aromatic amines is 1. The zero-order chi connectivity index (χ0) is 53.8. The van der Waals surface area contributed by atoms with Crippen LogP contribution in [0.15, 0.2) is 66.9 Å². The lowest BCUT2D eigenvalue weighted by atomic mass is 9.98. The number of esters is 1. The summed E-state index contributed by atoms with van der Waals surface area (Å²) in [7, 11) is 0. The molecule has 2 aromatic carbocycles. The van der Waals surface area contributed by atoms with Crippen molar-refractivity contribution in [3.05, 3.63) is 83.7 Å². The van der Waals surface area contributed by atoms with Crippen LogP contribution in [0.25, 0.3) is 0 Å². The summed E-state index contributed by atoms with van der Waals surface area (Å²) in [6, 6.07) is 2.95. The lowest BCUT2D eigenvalue weighted by Crippen LogP contribution is -2.64. The number of aliphatic hydroxyl groups excluding tert-OH is 2. The highest BCUT2D eigenvalue weighted by Crippen LogP contribution is 2.22. The molecule has 23 heteroatoms. The maximum absolute atomic E-state index is 14.3. The second-order valence-corrected chi connectivity index (χ2v) is 19.1. The van der Waals surface area contributed by atoms with Crippen molar-refractivity contribution in [2.75, 3.05) is 6.54 Å². The van der Waals surface area contributed by atoms with Gasteiger partial charge in [-0.05, 0) is 93.0 Å². The van der Waals surface area contributed by atoms with Crippen LogP contribution in [0.3, 0.4) is 0 Å². The highest BCUT2D eigenvalue weighted by molar-refractivity contribution is 6.00. The van der Waals surface area contributed by atoms with E-state index in [0.717, 1.165) is 0 Å². The molecule has 2 aliphatic heterocycles. The smallest absolute Gasteiger partial charge is 0.329 e. The second-order valence-electron chi connectivity index (χ2n) is 19.1. The lowest BCUT2D eigenvalue weighted by molar-refractivity contribution is -0.156. The fourth-order valence-electron chi connectivity index (χ4n) is 8.42. The zero-order valence-electron chi connectivity index (χ0n) is 41.7. The van der Waals surface area contributed by atoms with Crippen molar-refractivity contribution >= 4 is 53.2 Å². The Morgan fingerprint density at radius 2 is 1.26 bits per heavy atom. The summed E-state index contributed by atoms with van der Waals surface area (Å²) < 4.78 is 5.79. The monoisotopic (exact) mass is 1020 g/mol. The Morgan fingerprint density at radius 1 is 0.699 bits per heavy atom. The molecule has 23 nitrogen and oxygen atoms in total. The van der Waals surface area contributed by atoms with Gasteiger partial charge in [0.2, 0.25) is 41.4 Å². The highest BCUT2D eigenvalue weighted by Gasteiger charge is 2.43. The lowest BCUT2D eigenvalue weighted by Gasteiger charge is -2.32. The number of phenolic OH excluding ortho intramolecular Hbond substituents is 2. The average Bonchev–Trinajstić information content (AvgIpc) is 4.06. The quantitative estimate of drug-likeness (QED) is 0.0717. The first-order valence-electron chi connectivity index (χ1n) is 24.1. The third-order valence-corrected chi connectivity index (χ3v) is 12.6. The number of nitrogens with one attached hydrogen (secondary N) is 8. The van der Waals surface area contributed by atoms with E-state index in [0.29, 0.717) is 17.5 Å². The van der Waals surface area contributed by atoms with E-state index in [2.05, 4.69) is 42.2 Å². The molecule has 11 atom stereocenters. The predicted molar refractivity (Wildman–Crippen MR) is 261 cm³/mol. The number of phenols is 2. The van der Waals surface area contributed by atoms with Crippen molar-refractivity contribution in [3.8, 4) is 11.5 Å². The summed E-state index contributed by atoms with van der Waals surface area (Å²) >= 11 is 0. The molecular weight excluding hydrogens is 951 g/mol. The Kier molecular flexibility index (Phi) is 19.5. The number of likely N-dealkylation sites (tertiary alicyclic amines) is 1. The van der Waals surface area contributed by atoms with Crippen molar-refractivity contribution in [3.63, 3.8) is 0 Å². The summed E-state index contributed by atoms with van der Waals surface area (Å²) in [4.78, 5) is 129. The minimum absolute atomic E-state index is 0.0627. The molecule has 0 unspecified atom stereocenters. The third kappa shape index (κ3) is 15.0. The zero-order valence-corrected chi connectivity index (χ0v) is 41.7. The number of aromatic nitrogens is 1. The predicted octanol–water partition coefficient (Wildman–Crippen LogP) is -1.07. The standard InChI is InChI=1S/C50H67N9O14/c1-24(2)37(54-44(66)36-11-9-21-59(36)49(71)40(27(6)61)57-42(64)33-10-8-20-51-33)45(67)55-38(25(3)4)46(68)58-41-28(7)73-50(72)35(23-30-14-18-32(63)19-15-30)53-43(65)34(22-29-12-16-31(62)17-13-29)52-47(69)39(26(5)60)56-48(41)70/h8,10,12-20,24-28,34-41,51,60-63H,9,11,21-23H2,1-7H3,(H,52,69)(H,53,65)(H,54,66)(H,55,67)(H,56,70)(H,57,64)(H,58,68)/t26-,27+,28-,34-,35-,36-,37-,38+,39+,40-,41+/m0/s1. The van der Waals surface area contributed by atoms with Gasteiger partial charge in [-0.25, -0.2) is 4.79 Å². The van der Waals surface area contributed by atoms with Gasteiger partial charge in [0.05, 0.1) is 12.2 Å². The number of benzene rings is 2. The Bertz CT molecular complexity index is 2450. The van der Waals surface area contributed by atoms with Crippen molar-refractivity contribution in [2.45, 2.75) is 141 Å². The van der Waals surface area contributed by atoms with E-state index in [4.69, 9.17) is 4.74 Å². The second kappa shape index (κ2) is 25.2. The number of amides is 8. The molecule has 0 aliphatic carbocycles. The highest BCUT2D eigenvalue weighted by atomic mass is 16.5. The van der Waals surface area contributed by atoms with Gasteiger partial charge in [0.25, 0.3) is 5.91 Å². The third-order valence-electron chi connectivity index (χ3n) is 12.6. The fraction of sp³-hybridized carbons (Fsp3) is 0.500. The first kappa shape index (κ1) is 56.4. The molecule has 396 valence electrons. The SMILES string of the molecule is CC(C)[C@H](NC(=O)[C@@H]1CCCN1C(=O)[C@@H](NC(=O)c1ccc[nH]1)[C@@H](C)O)C(=O)N[C@@H](C(=O)N[C@H]1C(=O)N[C@H]([C@H](C)O)C(=O)N[C@@H](Cc2ccc(O)cc2)C(=O)N[C@@H](Cc2ccc(O)cc2)C(=O)O[C@H]1C)C(C)C. The summed E-state index contributed by atoms with van der Waals surface area (Å²) in [6.45, 7) is 10.4. The van der Waals surface area contributed by atoms with Crippen LogP contribution in [0.5, 0.6) is 11.5 Å². The van der Waals surface area contributed by atoms with Gasteiger partial charge in [-0.3, -0.25) is 38.4 Å². The molecule has 0 saturated carbocycles. The number of nitrogens with zero attached hydrogens (tertiary/aromatic N) is 1. The molecular formula is C50H67N9O14. The first-order chi connectivity index (χ1) is 34.4. The number of ether oxygens (including phenoxy) is 1. The topological polar surface area (TPSA) is 347 Å². The Hall–Kier alpha value is -7.53. The van der Waals surface area contributed by atoms with E-state index in [-0.39, 0.29) is 43.0 Å². The van der Waals surface area contributed by atoms with Crippen LogP contribution in [0.4, 0.5) is 0 Å². The van der Waals surface area contributed by atoms with Crippen molar-refractivity contribution in [1.29, 1.82) is 0 Å². The van der Waals surface area contributed by atoms with Gasteiger partial charge in [0.15, 0.2) is 0 Å². The van der Waals surface area contributed by atoms with E-state index in [9.17, 15) is 63.6 Å². The summed E-state index contributed by atoms with van der Waals surface area (Å²) in [5.41, 5.74) is 1.09. The van der Waals surface area contributed by atoms with Crippen LogP contribution < -0.4 is 37.2 Å². The van der Waals surface area contributed by atoms with Crippen LogP contribution in [0, 0.1) is 11.8 Å². The number of aromatic hydroxyl groups is 2. The van der Waals surface area contributed by atoms with Crippen LogP contribution in [0.1, 0.15) is 82.9 Å². The molecule has 2 fully saturated rings. The number of carbonyl (C=O) groups is 9. The molecule has 8 amide bonds. The number of carbonyl (C=O) groups excluding carboxylic acids is 9. The molecule has 12 N–H and O–H groups in total. The van der Waals surface area contributed by atoms with E-state index >= 15 is 0 Å². The van der Waals surface area contributed by atoms with Crippen molar-refractivity contribution in [2.24, 2.45) is 11.8 Å². The Balaban J connectivity index is 1.37. The van der Waals surface area contributed by atoms with Crippen LogP contribution in [-0.2, 0) is 55.9 Å². The Labute approximate surface area is 422 Å². The number of cyclic esters (lactones) is 1. The van der Waals surface area contributed by atoms with Gasteiger partial charge in [-0.15, -0.1) is 0 Å². The van der Waals surface area contributed by atoms with Crippen LogP contribution in [-0.4, -0.2) is 157 Å². The Morgan fingerprint density at radius 3 is 1.79 bits per heavy atom. The maximum Gasteiger partial charge on any atom is 0.329 e. The van der Waals surface area contributed by atoms with Gasteiger partial charge in [0.1, 0.15) is 71.6 Å². The van der Waals surface area contributed by atoms with Gasteiger partial charge < -0.3 is 72.3 Å². The minimum Gasteiger partial charge on any atom is -0.508 e. The van der Waals surface area contributed by atoms with E-state index in [1.54, 1.807) is 33.8 Å². The molecule has 5 rings (SSSR count). The normalized spacial score (nSPS) is 22.9. The van der Waals surface area contributed by atoms with Crippen LogP contribution in [0.2, 0.25) is 0 Å². The van der Waals surface area contributed by atoms with E-state index in [1.165, 1.54) is 86.5 Å². The molecule has 3 aromatic rings. The molecule has 0 radical (unpaired) electrons. The van der Waals surface area contributed by atoms with Gasteiger partial charge >= 0.3 is 5.97 Å².